The Labute approximate surface area is 135 Å². The first kappa shape index (κ1) is 17.1. The molecular weight excluding hydrogens is 328 g/mol. The van der Waals surface area contributed by atoms with Crippen molar-refractivity contribution in [2.45, 2.75) is 31.9 Å². The van der Waals surface area contributed by atoms with Crippen molar-refractivity contribution in [1.82, 2.24) is 5.32 Å². The number of rotatable bonds is 5. The summed E-state index contributed by atoms with van der Waals surface area (Å²) in [5.74, 6) is -0.295. The van der Waals surface area contributed by atoms with Crippen LogP contribution in [0.25, 0.3) is 0 Å². The Bertz CT molecular complexity index is 657. The van der Waals surface area contributed by atoms with Crippen LogP contribution in [0.4, 0.5) is 5.69 Å². The van der Waals surface area contributed by atoms with Gasteiger partial charge in [0.15, 0.2) is 0 Å². The van der Waals surface area contributed by atoms with E-state index < -0.39 is 10.0 Å². The second-order valence-electron chi connectivity index (χ2n) is 5.38. The molecule has 0 aromatic heterocycles. The number of hydrogen-bond donors (Lipinski definition) is 2. The predicted octanol–water partition coefficient (Wildman–Crippen LogP) is 2.01. The summed E-state index contributed by atoms with van der Waals surface area (Å²) in [6, 6.07) is 4.34. The molecule has 22 heavy (non-hydrogen) atoms. The van der Waals surface area contributed by atoms with Crippen LogP contribution < -0.4 is 10.0 Å². The minimum atomic E-state index is -3.46. The summed E-state index contributed by atoms with van der Waals surface area (Å²) in [4.78, 5) is 12.3. The highest BCUT2D eigenvalue weighted by Gasteiger charge is 2.24. The number of carbonyl (C=O) groups is 1. The van der Waals surface area contributed by atoms with Gasteiger partial charge < -0.3 is 10.1 Å². The van der Waals surface area contributed by atoms with Crippen LogP contribution in [0.5, 0.6) is 0 Å². The van der Waals surface area contributed by atoms with Gasteiger partial charge in [0, 0.05) is 12.2 Å². The Morgan fingerprint density at radius 3 is 2.77 bits per heavy atom. The number of anilines is 1. The maximum atomic E-state index is 12.3. The highest BCUT2D eigenvalue weighted by Crippen LogP contribution is 2.24. The second kappa shape index (κ2) is 6.85. The van der Waals surface area contributed by atoms with E-state index in [2.05, 4.69) is 10.0 Å². The summed E-state index contributed by atoms with van der Waals surface area (Å²) in [6.07, 6.45) is 2.96. The lowest BCUT2D eigenvalue weighted by Crippen LogP contribution is -2.40. The zero-order valence-corrected chi connectivity index (χ0v) is 14.0. The van der Waals surface area contributed by atoms with Gasteiger partial charge >= 0.3 is 0 Å². The van der Waals surface area contributed by atoms with Gasteiger partial charge in [-0.2, -0.15) is 0 Å². The molecule has 2 atom stereocenters. The van der Waals surface area contributed by atoms with Crippen molar-refractivity contribution < 1.29 is 17.9 Å². The largest absolute Gasteiger partial charge is 0.376 e. The Balaban J connectivity index is 2.10. The van der Waals surface area contributed by atoms with Crippen LogP contribution in [-0.2, 0) is 14.8 Å². The topological polar surface area (TPSA) is 84.5 Å². The number of amides is 1. The molecule has 8 heteroatoms. The predicted molar refractivity (Wildman–Crippen MR) is 85.8 cm³/mol. The highest BCUT2D eigenvalue weighted by molar-refractivity contribution is 7.92. The average molecular weight is 347 g/mol. The van der Waals surface area contributed by atoms with Crippen molar-refractivity contribution in [3.8, 4) is 0 Å². The zero-order valence-electron chi connectivity index (χ0n) is 12.4. The lowest BCUT2D eigenvalue weighted by Gasteiger charge is -2.20. The van der Waals surface area contributed by atoms with E-state index in [4.69, 9.17) is 16.3 Å². The average Bonchev–Trinajstić information content (AvgIpc) is 2.93. The van der Waals surface area contributed by atoms with Crippen molar-refractivity contribution in [2.75, 3.05) is 17.6 Å². The number of nitrogens with one attached hydrogen (secondary N) is 2. The summed E-state index contributed by atoms with van der Waals surface area (Å²) in [5, 5.41) is 3.09. The van der Waals surface area contributed by atoms with Gasteiger partial charge in [-0.05, 0) is 38.0 Å². The molecular formula is C14H19ClN2O4S. The molecule has 1 heterocycles. The molecule has 1 amide bonds. The molecule has 0 spiro atoms. The van der Waals surface area contributed by atoms with Crippen molar-refractivity contribution in [2.24, 2.45) is 0 Å². The first-order chi connectivity index (χ1) is 10.3. The molecule has 2 N–H and O–H groups in total. The third kappa shape index (κ3) is 4.59. The standard InChI is InChI=1S/C14H19ClN2O4S/c1-9(13-4-3-7-21-13)16-14(18)10-5-6-11(15)12(8-10)17-22(2,19)20/h5-6,8-9,13,17H,3-4,7H2,1-2H3,(H,16,18). The van der Waals surface area contributed by atoms with Gasteiger partial charge in [-0.15, -0.1) is 0 Å². The Kier molecular flexibility index (Phi) is 5.31. The van der Waals surface area contributed by atoms with Crippen molar-refractivity contribution >= 4 is 33.2 Å². The fraction of sp³-hybridized carbons (Fsp3) is 0.500. The molecule has 0 bridgehead atoms. The van der Waals surface area contributed by atoms with E-state index in [1.54, 1.807) is 6.07 Å². The van der Waals surface area contributed by atoms with Gasteiger partial charge in [0.1, 0.15) is 0 Å². The summed E-state index contributed by atoms with van der Waals surface area (Å²) in [6.45, 7) is 2.60. The molecule has 0 aliphatic carbocycles. The smallest absolute Gasteiger partial charge is 0.251 e. The minimum absolute atomic E-state index is 0.0184. The third-order valence-electron chi connectivity index (χ3n) is 3.41. The molecule has 6 nitrogen and oxygen atoms in total. The molecule has 1 saturated heterocycles. The molecule has 1 aliphatic heterocycles. The van der Waals surface area contributed by atoms with E-state index in [1.165, 1.54) is 12.1 Å². The number of sulfonamides is 1. The minimum Gasteiger partial charge on any atom is -0.376 e. The molecule has 2 rings (SSSR count). The van der Waals surface area contributed by atoms with Crippen molar-refractivity contribution in [3.63, 3.8) is 0 Å². The van der Waals surface area contributed by atoms with Gasteiger partial charge in [-0.1, -0.05) is 11.6 Å². The second-order valence-corrected chi connectivity index (χ2v) is 7.54. The molecule has 2 unspecified atom stereocenters. The number of ether oxygens (including phenoxy) is 1. The Morgan fingerprint density at radius 1 is 1.45 bits per heavy atom. The number of hydrogen-bond acceptors (Lipinski definition) is 4. The Hall–Kier alpha value is -1.31. The number of carbonyl (C=O) groups excluding carboxylic acids is 1. The maximum Gasteiger partial charge on any atom is 0.251 e. The first-order valence-corrected chi connectivity index (χ1v) is 9.23. The van der Waals surface area contributed by atoms with Crippen LogP contribution in [0.2, 0.25) is 5.02 Å². The molecule has 122 valence electrons. The van der Waals surface area contributed by atoms with Gasteiger partial charge in [-0.25, -0.2) is 8.42 Å². The summed E-state index contributed by atoms with van der Waals surface area (Å²) >= 11 is 5.94. The van der Waals surface area contributed by atoms with Crippen LogP contribution >= 0.6 is 11.6 Å². The number of halogens is 1. The van der Waals surface area contributed by atoms with E-state index in [9.17, 15) is 13.2 Å². The molecule has 1 aliphatic rings. The van der Waals surface area contributed by atoms with Gasteiger partial charge in [0.25, 0.3) is 5.91 Å². The summed E-state index contributed by atoms with van der Waals surface area (Å²) in [7, 11) is -3.46. The first-order valence-electron chi connectivity index (χ1n) is 6.96. The van der Waals surface area contributed by atoms with E-state index in [-0.39, 0.29) is 28.8 Å². The molecule has 1 aromatic rings. The highest BCUT2D eigenvalue weighted by atomic mass is 35.5. The third-order valence-corrected chi connectivity index (χ3v) is 4.33. The quantitative estimate of drug-likeness (QED) is 0.854. The van der Waals surface area contributed by atoms with Gasteiger partial charge in [0.2, 0.25) is 10.0 Å². The van der Waals surface area contributed by atoms with E-state index in [0.29, 0.717) is 12.2 Å². The van der Waals surface area contributed by atoms with Crippen LogP contribution in [0, 0.1) is 0 Å². The fourth-order valence-electron chi connectivity index (χ4n) is 2.32. The summed E-state index contributed by atoms with van der Waals surface area (Å²) in [5.41, 5.74) is 0.516. The normalized spacial score (nSPS) is 19.7. The molecule has 1 fully saturated rings. The van der Waals surface area contributed by atoms with Crippen LogP contribution in [-0.4, -0.2) is 39.3 Å². The van der Waals surface area contributed by atoms with E-state index >= 15 is 0 Å². The van der Waals surface area contributed by atoms with Crippen LogP contribution in [0.15, 0.2) is 18.2 Å². The lowest BCUT2D eigenvalue weighted by atomic mass is 10.1. The lowest BCUT2D eigenvalue weighted by molar-refractivity contribution is 0.0712. The SMILES string of the molecule is CC(NC(=O)c1ccc(Cl)c(NS(C)(=O)=O)c1)C1CCCO1. The summed E-state index contributed by atoms with van der Waals surface area (Å²) < 4.78 is 30.4. The monoisotopic (exact) mass is 346 g/mol. The van der Waals surface area contributed by atoms with Crippen molar-refractivity contribution in [3.05, 3.63) is 28.8 Å². The maximum absolute atomic E-state index is 12.3. The van der Waals surface area contributed by atoms with Gasteiger partial charge in [-0.3, -0.25) is 9.52 Å². The van der Waals surface area contributed by atoms with Gasteiger partial charge in [0.05, 0.1) is 29.1 Å². The van der Waals surface area contributed by atoms with Crippen LogP contribution in [0.1, 0.15) is 30.1 Å². The fourth-order valence-corrected chi connectivity index (χ4v) is 3.11. The zero-order chi connectivity index (χ0) is 16.3. The molecule has 1 aromatic carbocycles. The Morgan fingerprint density at radius 2 is 2.18 bits per heavy atom. The molecule has 0 radical (unpaired) electrons. The van der Waals surface area contributed by atoms with Crippen molar-refractivity contribution in [1.29, 1.82) is 0 Å². The number of benzene rings is 1. The molecule has 0 saturated carbocycles. The van der Waals surface area contributed by atoms with E-state index in [0.717, 1.165) is 19.1 Å². The van der Waals surface area contributed by atoms with Crippen LogP contribution in [0.3, 0.4) is 0 Å². The van der Waals surface area contributed by atoms with E-state index in [1.807, 2.05) is 6.92 Å².